The molecule has 146 valence electrons. The number of hydrogen-bond acceptors (Lipinski definition) is 5. The van der Waals surface area contributed by atoms with Gasteiger partial charge in [-0.3, -0.25) is 9.97 Å². The smallest absolute Gasteiger partial charge is 0.221 e. The highest BCUT2D eigenvalue weighted by Crippen LogP contribution is 2.37. The predicted octanol–water partition coefficient (Wildman–Crippen LogP) is 5.80. The summed E-state index contributed by atoms with van der Waals surface area (Å²) < 4.78 is 20.0. The molecule has 0 amide bonds. The van der Waals surface area contributed by atoms with E-state index in [0.717, 1.165) is 28.0 Å². The topological polar surface area (TPSA) is 59.9 Å². The first-order valence-corrected chi connectivity index (χ1v) is 9.47. The Kier molecular flexibility index (Phi) is 5.27. The van der Waals surface area contributed by atoms with Crippen molar-refractivity contribution in [1.82, 2.24) is 15.0 Å². The number of methoxy groups -OCH3 is 1. The van der Waals surface area contributed by atoms with E-state index in [1.807, 2.05) is 25.1 Å². The number of aromatic nitrogens is 3. The van der Waals surface area contributed by atoms with Crippen LogP contribution in [0.25, 0.3) is 22.0 Å². The highest BCUT2D eigenvalue weighted by atomic mass is 35.5. The average Bonchev–Trinajstić information content (AvgIpc) is 2.75. The standard InChI is InChI=1S/C22H18ClFN4O/c1-3-18-21(27-20-7-9-26-19-6-8-25-12-16(19)20)11-15(22(28-18)29-2)14-10-13(23)4-5-17(14)24/h4-12H,3H2,1-2H3,(H,26,27). The van der Waals surface area contributed by atoms with Crippen molar-refractivity contribution in [1.29, 1.82) is 0 Å². The summed E-state index contributed by atoms with van der Waals surface area (Å²) >= 11 is 6.10. The second-order valence-corrected chi connectivity index (χ2v) is 6.83. The van der Waals surface area contributed by atoms with Gasteiger partial charge in [-0.05, 0) is 42.8 Å². The Morgan fingerprint density at radius 3 is 2.72 bits per heavy atom. The third-order valence-corrected chi connectivity index (χ3v) is 4.86. The maximum absolute atomic E-state index is 14.5. The van der Waals surface area contributed by atoms with E-state index in [2.05, 4.69) is 20.3 Å². The van der Waals surface area contributed by atoms with Crippen molar-refractivity contribution in [2.45, 2.75) is 13.3 Å². The van der Waals surface area contributed by atoms with Gasteiger partial charge in [-0.2, -0.15) is 0 Å². The van der Waals surface area contributed by atoms with Crippen molar-refractivity contribution >= 4 is 33.9 Å². The number of ether oxygens (including phenoxy) is 1. The van der Waals surface area contributed by atoms with E-state index in [4.69, 9.17) is 16.3 Å². The molecule has 0 radical (unpaired) electrons. The van der Waals surface area contributed by atoms with Crippen molar-refractivity contribution in [3.8, 4) is 17.0 Å². The summed E-state index contributed by atoms with van der Waals surface area (Å²) in [4.78, 5) is 13.2. The monoisotopic (exact) mass is 408 g/mol. The van der Waals surface area contributed by atoms with Crippen molar-refractivity contribution in [2.75, 3.05) is 12.4 Å². The third kappa shape index (κ3) is 3.71. The number of nitrogens with one attached hydrogen (secondary N) is 1. The molecule has 0 aliphatic heterocycles. The number of pyridine rings is 3. The first-order valence-electron chi connectivity index (χ1n) is 9.09. The summed E-state index contributed by atoms with van der Waals surface area (Å²) in [5.41, 5.74) is 4.05. The van der Waals surface area contributed by atoms with E-state index in [0.29, 0.717) is 28.5 Å². The van der Waals surface area contributed by atoms with E-state index in [9.17, 15) is 4.39 Å². The fraction of sp³-hybridized carbons (Fsp3) is 0.136. The number of aryl methyl sites for hydroxylation is 1. The molecule has 4 aromatic rings. The van der Waals surface area contributed by atoms with Crippen LogP contribution in [0.5, 0.6) is 5.88 Å². The molecule has 3 aromatic heterocycles. The van der Waals surface area contributed by atoms with Crippen LogP contribution in [0.3, 0.4) is 0 Å². The Hall–Kier alpha value is -3.25. The highest BCUT2D eigenvalue weighted by molar-refractivity contribution is 6.30. The number of fused-ring (bicyclic) bond motifs is 1. The van der Waals surface area contributed by atoms with Gasteiger partial charge in [-0.1, -0.05) is 18.5 Å². The quantitative estimate of drug-likeness (QED) is 0.452. The van der Waals surface area contributed by atoms with Crippen LogP contribution in [0, 0.1) is 5.82 Å². The lowest BCUT2D eigenvalue weighted by molar-refractivity contribution is 0.398. The number of rotatable bonds is 5. The predicted molar refractivity (Wildman–Crippen MR) is 113 cm³/mol. The van der Waals surface area contributed by atoms with Crippen molar-refractivity contribution in [3.05, 3.63) is 71.5 Å². The molecule has 7 heteroatoms. The minimum Gasteiger partial charge on any atom is -0.481 e. The molecule has 0 aliphatic rings. The van der Waals surface area contributed by atoms with Crippen molar-refractivity contribution in [3.63, 3.8) is 0 Å². The third-order valence-electron chi connectivity index (χ3n) is 4.63. The lowest BCUT2D eigenvalue weighted by Crippen LogP contribution is -2.03. The van der Waals surface area contributed by atoms with Crippen LogP contribution in [-0.4, -0.2) is 22.1 Å². The molecule has 0 saturated carbocycles. The number of nitrogens with zero attached hydrogens (tertiary/aromatic N) is 3. The van der Waals surface area contributed by atoms with E-state index < -0.39 is 5.82 Å². The number of benzene rings is 1. The zero-order valence-electron chi connectivity index (χ0n) is 15.9. The molecule has 29 heavy (non-hydrogen) atoms. The zero-order valence-corrected chi connectivity index (χ0v) is 16.7. The van der Waals surface area contributed by atoms with Gasteiger partial charge >= 0.3 is 0 Å². The molecule has 1 N–H and O–H groups in total. The lowest BCUT2D eigenvalue weighted by Gasteiger charge is -2.17. The maximum atomic E-state index is 14.5. The summed E-state index contributed by atoms with van der Waals surface area (Å²) in [6.45, 7) is 2.00. The second-order valence-electron chi connectivity index (χ2n) is 6.39. The number of anilines is 2. The Balaban J connectivity index is 1.88. The van der Waals surface area contributed by atoms with Crippen LogP contribution >= 0.6 is 11.6 Å². The fourth-order valence-corrected chi connectivity index (χ4v) is 3.38. The molecule has 0 bridgehead atoms. The van der Waals surface area contributed by atoms with Gasteiger partial charge in [-0.15, -0.1) is 0 Å². The molecule has 0 aliphatic carbocycles. The van der Waals surface area contributed by atoms with Gasteiger partial charge in [-0.25, -0.2) is 9.37 Å². The van der Waals surface area contributed by atoms with Gasteiger partial charge in [0.15, 0.2) is 0 Å². The first-order chi connectivity index (χ1) is 14.1. The summed E-state index contributed by atoms with van der Waals surface area (Å²) in [7, 11) is 1.52. The Morgan fingerprint density at radius 1 is 1.07 bits per heavy atom. The molecule has 1 aromatic carbocycles. The van der Waals surface area contributed by atoms with Crippen molar-refractivity contribution in [2.24, 2.45) is 0 Å². The highest BCUT2D eigenvalue weighted by Gasteiger charge is 2.17. The minimum absolute atomic E-state index is 0.328. The van der Waals surface area contributed by atoms with Crippen LogP contribution in [-0.2, 0) is 6.42 Å². The minimum atomic E-state index is -0.400. The molecule has 0 unspecified atom stereocenters. The molecule has 4 rings (SSSR count). The maximum Gasteiger partial charge on any atom is 0.221 e. The van der Waals surface area contributed by atoms with Crippen LogP contribution in [0.4, 0.5) is 15.8 Å². The molecular weight excluding hydrogens is 391 g/mol. The van der Waals surface area contributed by atoms with Gasteiger partial charge in [0.1, 0.15) is 5.82 Å². The van der Waals surface area contributed by atoms with Crippen LogP contribution in [0.2, 0.25) is 5.02 Å². The van der Waals surface area contributed by atoms with Gasteiger partial charge in [0.25, 0.3) is 0 Å². The Bertz CT molecular complexity index is 1190. The van der Waals surface area contributed by atoms with Gasteiger partial charge in [0.2, 0.25) is 5.88 Å². The summed E-state index contributed by atoms with van der Waals surface area (Å²) in [5, 5.41) is 4.72. The number of halogens is 2. The van der Waals surface area contributed by atoms with Gasteiger partial charge in [0, 0.05) is 40.1 Å². The molecular formula is C22H18ClFN4O. The molecule has 0 spiro atoms. The first kappa shape index (κ1) is 19.1. The number of hydrogen-bond donors (Lipinski definition) is 1. The van der Waals surface area contributed by atoms with Crippen LogP contribution in [0.15, 0.2) is 55.0 Å². The summed E-state index contributed by atoms with van der Waals surface area (Å²) in [6, 6.07) is 9.96. The van der Waals surface area contributed by atoms with E-state index in [1.165, 1.54) is 19.2 Å². The van der Waals surface area contributed by atoms with E-state index in [1.54, 1.807) is 24.7 Å². The Labute approximate surface area is 172 Å². The van der Waals surface area contributed by atoms with Crippen LogP contribution < -0.4 is 10.1 Å². The Morgan fingerprint density at radius 2 is 1.93 bits per heavy atom. The second kappa shape index (κ2) is 8.01. The zero-order chi connectivity index (χ0) is 20.4. The molecule has 0 saturated heterocycles. The SMILES string of the molecule is CCc1nc(OC)c(-c2cc(Cl)ccc2F)cc1Nc1ccnc2ccncc12. The van der Waals surface area contributed by atoms with Crippen molar-refractivity contribution < 1.29 is 9.13 Å². The largest absolute Gasteiger partial charge is 0.481 e. The molecule has 5 nitrogen and oxygen atoms in total. The van der Waals surface area contributed by atoms with Gasteiger partial charge in [0.05, 0.1) is 29.7 Å². The molecule has 3 heterocycles. The van der Waals surface area contributed by atoms with E-state index >= 15 is 0 Å². The van der Waals surface area contributed by atoms with Crippen LogP contribution in [0.1, 0.15) is 12.6 Å². The molecule has 0 fully saturated rings. The van der Waals surface area contributed by atoms with E-state index in [-0.39, 0.29) is 0 Å². The fourth-order valence-electron chi connectivity index (χ4n) is 3.21. The van der Waals surface area contributed by atoms with Gasteiger partial charge < -0.3 is 10.1 Å². The normalized spacial score (nSPS) is 10.9. The summed E-state index contributed by atoms with van der Waals surface area (Å²) in [5.74, 6) is -0.0573. The lowest BCUT2D eigenvalue weighted by atomic mass is 10.0. The molecule has 0 atom stereocenters. The summed E-state index contributed by atoms with van der Waals surface area (Å²) in [6.07, 6.45) is 5.85. The average molecular weight is 409 g/mol.